The molecule has 0 aromatic carbocycles. The third-order valence-electron chi connectivity index (χ3n) is 5.03. The number of imide groups is 1. The number of nitrogens with zero attached hydrogens (tertiary/aromatic N) is 1. The predicted molar refractivity (Wildman–Crippen MR) is 110 cm³/mol. The molecular formula is C21H37N3O6. The number of ether oxygens (including phenoxy) is 1. The highest BCUT2D eigenvalue weighted by Gasteiger charge is 2.37. The lowest BCUT2D eigenvalue weighted by Crippen LogP contribution is -2.56. The van der Waals surface area contributed by atoms with Crippen LogP contribution in [0, 0.1) is 17.3 Å². The minimum Gasteiger partial charge on any atom is -0.444 e. The topological polar surface area (TPSA) is 125 Å². The van der Waals surface area contributed by atoms with E-state index in [1.165, 1.54) is 0 Å². The highest BCUT2D eigenvalue weighted by molar-refractivity contribution is 5.97. The van der Waals surface area contributed by atoms with Crippen molar-refractivity contribution in [2.45, 2.75) is 85.3 Å². The van der Waals surface area contributed by atoms with Crippen molar-refractivity contribution in [3.8, 4) is 0 Å². The Hall–Kier alpha value is -2.16. The van der Waals surface area contributed by atoms with Gasteiger partial charge in [0.25, 0.3) is 5.91 Å². The van der Waals surface area contributed by atoms with E-state index < -0.39 is 40.9 Å². The molecule has 0 aromatic rings. The standard InChI is InChI=1S/C21H37N3O6/c1-20(2,3)16(18(27)23-19(28)30-21(4,5)6)22-17(26)15(12-24(29)13-25)11-14-9-7-8-10-14/h13-16,29H,7-12H2,1-6H3,(H,22,26)(H,23,27,28)/t15-,16-/m1/s1. The van der Waals surface area contributed by atoms with Crippen LogP contribution in [0.2, 0.25) is 0 Å². The summed E-state index contributed by atoms with van der Waals surface area (Å²) in [6.07, 6.45) is 4.07. The molecule has 1 rings (SSSR count). The molecule has 0 unspecified atom stereocenters. The molecular weight excluding hydrogens is 390 g/mol. The van der Waals surface area contributed by atoms with E-state index in [9.17, 15) is 24.4 Å². The summed E-state index contributed by atoms with van der Waals surface area (Å²) < 4.78 is 5.12. The van der Waals surface area contributed by atoms with E-state index in [2.05, 4.69) is 10.6 Å². The fourth-order valence-corrected chi connectivity index (χ4v) is 3.59. The van der Waals surface area contributed by atoms with Crippen LogP contribution in [0.4, 0.5) is 4.79 Å². The van der Waals surface area contributed by atoms with Gasteiger partial charge in [0.1, 0.15) is 11.6 Å². The first-order chi connectivity index (χ1) is 13.7. The molecule has 30 heavy (non-hydrogen) atoms. The van der Waals surface area contributed by atoms with Crippen molar-refractivity contribution in [1.82, 2.24) is 15.7 Å². The van der Waals surface area contributed by atoms with Gasteiger partial charge in [0.05, 0.1) is 12.5 Å². The fourth-order valence-electron chi connectivity index (χ4n) is 3.59. The first-order valence-electron chi connectivity index (χ1n) is 10.5. The molecule has 1 saturated carbocycles. The molecule has 0 aromatic heterocycles. The van der Waals surface area contributed by atoms with E-state index in [1.54, 1.807) is 41.5 Å². The molecule has 9 nitrogen and oxygen atoms in total. The molecule has 0 aliphatic heterocycles. The number of alkyl carbamates (subject to hydrolysis) is 1. The molecule has 0 bridgehead atoms. The van der Waals surface area contributed by atoms with Crippen LogP contribution in [0.3, 0.4) is 0 Å². The number of nitrogens with one attached hydrogen (secondary N) is 2. The predicted octanol–water partition coefficient (Wildman–Crippen LogP) is 2.61. The Labute approximate surface area is 178 Å². The number of hydrogen-bond donors (Lipinski definition) is 3. The quantitative estimate of drug-likeness (QED) is 0.311. The summed E-state index contributed by atoms with van der Waals surface area (Å²) >= 11 is 0. The van der Waals surface area contributed by atoms with E-state index in [0.717, 1.165) is 25.7 Å². The molecule has 3 N–H and O–H groups in total. The number of rotatable bonds is 8. The molecule has 4 amide bonds. The highest BCUT2D eigenvalue weighted by Crippen LogP contribution is 2.31. The second kappa shape index (κ2) is 10.7. The van der Waals surface area contributed by atoms with Crippen molar-refractivity contribution in [2.75, 3.05) is 6.54 Å². The molecule has 1 fully saturated rings. The van der Waals surface area contributed by atoms with Crippen molar-refractivity contribution >= 4 is 24.3 Å². The second-order valence-electron chi connectivity index (χ2n) is 10.1. The number of hydroxylamine groups is 2. The summed E-state index contributed by atoms with van der Waals surface area (Å²) in [4.78, 5) is 48.6. The van der Waals surface area contributed by atoms with Crippen molar-refractivity contribution in [3.63, 3.8) is 0 Å². The summed E-state index contributed by atoms with van der Waals surface area (Å²) in [5.41, 5.74) is -1.46. The lowest BCUT2D eigenvalue weighted by Gasteiger charge is -2.32. The number of carbonyl (C=O) groups excluding carboxylic acids is 4. The van der Waals surface area contributed by atoms with Crippen LogP contribution in [0.15, 0.2) is 0 Å². The van der Waals surface area contributed by atoms with Gasteiger partial charge >= 0.3 is 6.09 Å². The maximum absolute atomic E-state index is 13.0. The molecule has 0 radical (unpaired) electrons. The maximum atomic E-state index is 13.0. The summed E-state index contributed by atoms with van der Waals surface area (Å²) in [6.45, 7) is 10.2. The summed E-state index contributed by atoms with van der Waals surface area (Å²) in [5, 5.41) is 15.0. The van der Waals surface area contributed by atoms with Crippen LogP contribution in [0.5, 0.6) is 0 Å². The number of amides is 4. The van der Waals surface area contributed by atoms with Gasteiger partial charge in [-0.3, -0.25) is 24.9 Å². The van der Waals surface area contributed by atoms with Crippen LogP contribution in [0.25, 0.3) is 0 Å². The van der Waals surface area contributed by atoms with Crippen molar-refractivity contribution < 1.29 is 29.1 Å². The Morgan fingerprint density at radius 1 is 1.10 bits per heavy atom. The first-order valence-corrected chi connectivity index (χ1v) is 10.5. The van der Waals surface area contributed by atoms with Gasteiger partial charge in [-0.15, -0.1) is 0 Å². The molecule has 0 spiro atoms. The third kappa shape index (κ3) is 9.11. The normalized spacial score (nSPS) is 17.0. The zero-order valence-electron chi connectivity index (χ0n) is 19.0. The van der Waals surface area contributed by atoms with Gasteiger partial charge in [-0.2, -0.15) is 0 Å². The average molecular weight is 428 g/mol. The lowest BCUT2D eigenvalue weighted by molar-refractivity contribution is -0.155. The Morgan fingerprint density at radius 3 is 2.13 bits per heavy atom. The molecule has 1 aliphatic carbocycles. The maximum Gasteiger partial charge on any atom is 0.414 e. The van der Waals surface area contributed by atoms with Crippen LogP contribution in [-0.4, -0.2) is 52.8 Å². The van der Waals surface area contributed by atoms with Crippen molar-refractivity contribution in [1.29, 1.82) is 0 Å². The van der Waals surface area contributed by atoms with E-state index >= 15 is 0 Å². The summed E-state index contributed by atoms with van der Waals surface area (Å²) in [5.74, 6) is -1.45. The van der Waals surface area contributed by atoms with Crippen LogP contribution in [-0.2, 0) is 19.1 Å². The minimum absolute atomic E-state index is 0.156. The van der Waals surface area contributed by atoms with Gasteiger partial charge in [-0.1, -0.05) is 46.5 Å². The van der Waals surface area contributed by atoms with E-state index in [4.69, 9.17) is 4.74 Å². The van der Waals surface area contributed by atoms with Crippen LogP contribution < -0.4 is 10.6 Å². The van der Waals surface area contributed by atoms with Gasteiger partial charge in [0, 0.05) is 0 Å². The van der Waals surface area contributed by atoms with Gasteiger partial charge in [-0.25, -0.2) is 9.86 Å². The molecule has 172 valence electrons. The van der Waals surface area contributed by atoms with E-state index in [0.29, 0.717) is 17.4 Å². The van der Waals surface area contributed by atoms with Crippen molar-refractivity contribution in [2.24, 2.45) is 17.3 Å². The Bertz CT molecular complexity index is 617. The number of hydrogen-bond acceptors (Lipinski definition) is 6. The smallest absolute Gasteiger partial charge is 0.414 e. The first kappa shape index (κ1) is 25.9. The highest BCUT2D eigenvalue weighted by atomic mass is 16.6. The average Bonchev–Trinajstić information content (AvgIpc) is 3.08. The lowest BCUT2D eigenvalue weighted by atomic mass is 9.85. The van der Waals surface area contributed by atoms with Gasteiger partial charge in [0.15, 0.2) is 0 Å². The third-order valence-corrected chi connectivity index (χ3v) is 5.03. The SMILES string of the molecule is CC(C)(C)OC(=O)NC(=O)[C@@H](NC(=O)[C@H](CC1CCCC1)CN(O)C=O)C(C)(C)C. The minimum atomic E-state index is -1.01. The molecule has 2 atom stereocenters. The Balaban J connectivity index is 2.90. The van der Waals surface area contributed by atoms with Crippen LogP contribution >= 0.6 is 0 Å². The Morgan fingerprint density at radius 2 is 1.67 bits per heavy atom. The number of carbonyl (C=O) groups is 4. The molecule has 0 heterocycles. The zero-order valence-corrected chi connectivity index (χ0v) is 19.0. The van der Waals surface area contributed by atoms with Gasteiger partial charge < -0.3 is 10.1 Å². The molecule has 0 saturated heterocycles. The molecule has 9 heteroatoms. The summed E-state index contributed by atoms with van der Waals surface area (Å²) in [6, 6.07) is -1.01. The largest absolute Gasteiger partial charge is 0.444 e. The van der Waals surface area contributed by atoms with E-state index in [1.807, 2.05) is 0 Å². The fraction of sp³-hybridized carbons (Fsp3) is 0.810. The molecule has 1 aliphatic rings. The Kier molecular flexibility index (Phi) is 9.27. The van der Waals surface area contributed by atoms with Gasteiger partial charge in [0.2, 0.25) is 12.3 Å². The van der Waals surface area contributed by atoms with Crippen molar-refractivity contribution in [3.05, 3.63) is 0 Å². The monoisotopic (exact) mass is 427 g/mol. The van der Waals surface area contributed by atoms with Gasteiger partial charge in [-0.05, 0) is 38.5 Å². The summed E-state index contributed by atoms with van der Waals surface area (Å²) in [7, 11) is 0. The zero-order chi connectivity index (χ0) is 23.1. The second-order valence-corrected chi connectivity index (χ2v) is 10.1. The van der Waals surface area contributed by atoms with Crippen LogP contribution in [0.1, 0.15) is 73.6 Å². The van der Waals surface area contributed by atoms with E-state index in [-0.39, 0.29) is 13.0 Å².